The predicted octanol–water partition coefficient (Wildman–Crippen LogP) is 4.83. The zero-order valence-corrected chi connectivity index (χ0v) is 22.7. The molecule has 0 spiro atoms. The first-order chi connectivity index (χ1) is 18.4. The van der Waals surface area contributed by atoms with Gasteiger partial charge in [-0.1, -0.05) is 30.3 Å². The van der Waals surface area contributed by atoms with E-state index in [1.165, 1.54) is 29.3 Å². The molecule has 0 bridgehead atoms. The minimum absolute atomic E-state index is 0.117. The molecule has 4 rings (SSSR count). The van der Waals surface area contributed by atoms with E-state index in [0.717, 1.165) is 51.1 Å². The van der Waals surface area contributed by atoms with Crippen LogP contribution in [0.1, 0.15) is 48.4 Å². The fourth-order valence-electron chi connectivity index (χ4n) is 5.68. The minimum atomic E-state index is -0.509. The lowest BCUT2D eigenvalue weighted by Gasteiger charge is -2.34. The molecule has 2 heterocycles. The van der Waals surface area contributed by atoms with Crippen LogP contribution in [0, 0.1) is 6.92 Å². The number of hydrogen-bond donors (Lipinski definition) is 2. The van der Waals surface area contributed by atoms with E-state index in [-0.39, 0.29) is 11.9 Å². The minimum Gasteiger partial charge on any atom is -0.453 e. The Hall–Kier alpha value is -3.36. The summed E-state index contributed by atoms with van der Waals surface area (Å²) < 4.78 is 12.4. The van der Waals surface area contributed by atoms with Gasteiger partial charge in [0.15, 0.2) is 0 Å². The van der Waals surface area contributed by atoms with Gasteiger partial charge in [0, 0.05) is 74.0 Å². The highest BCUT2D eigenvalue weighted by molar-refractivity contribution is 5.86. The average molecular weight is 521 g/mol. The molecular formula is C30H40N4O4. The molecular weight excluding hydrogens is 480 g/mol. The number of hydrogen-bond acceptors (Lipinski definition) is 5. The molecule has 1 aromatic heterocycles. The van der Waals surface area contributed by atoms with Crippen molar-refractivity contribution in [2.45, 2.75) is 57.5 Å². The van der Waals surface area contributed by atoms with Crippen LogP contribution in [-0.2, 0) is 27.2 Å². The second-order valence-electron chi connectivity index (χ2n) is 10.2. The maximum Gasteiger partial charge on any atom is 0.411 e. The fraction of sp³-hybridized carbons (Fsp3) is 0.467. The number of para-hydroxylation sites is 1. The smallest absolute Gasteiger partial charge is 0.411 e. The van der Waals surface area contributed by atoms with E-state index in [4.69, 9.17) is 10.5 Å². The SMILES string of the molecule is COCCCn1c(C2CCCN(C(=O)C[C@H](N)Cc3ccc(NC(=O)OC)cc3)C2)c(C)c2ccccc21. The number of carbonyl (C=O) groups is 2. The van der Waals surface area contributed by atoms with Crippen LogP contribution >= 0.6 is 0 Å². The number of nitrogens with one attached hydrogen (secondary N) is 1. The highest BCUT2D eigenvalue weighted by Gasteiger charge is 2.29. The molecule has 8 heteroatoms. The number of ether oxygens (including phenoxy) is 2. The van der Waals surface area contributed by atoms with Gasteiger partial charge in [0.25, 0.3) is 0 Å². The molecule has 2 amide bonds. The molecule has 0 aliphatic carbocycles. The van der Waals surface area contributed by atoms with Crippen LogP contribution in [-0.4, -0.2) is 61.4 Å². The highest BCUT2D eigenvalue weighted by Crippen LogP contribution is 2.36. The summed E-state index contributed by atoms with van der Waals surface area (Å²) in [4.78, 5) is 26.7. The lowest BCUT2D eigenvalue weighted by molar-refractivity contribution is -0.132. The van der Waals surface area contributed by atoms with Gasteiger partial charge in [0.05, 0.1) is 7.11 Å². The molecule has 38 heavy (non-hydrogen) atoms. The van der Waals surface area contributed by atoms with Crippen molar-refractivity contribution in [2.75, 3.05) is 39.2 Å². The number of aromatic nitrogens is 1. The van der Waals surface area contributed by atoms with Crippen LogP contribution in [0.2, 0.25) is 0 Å². The molecule has 1 aliphatic heterocycles. The molecule has 204 valence electrons. The van der Waals surface area contributed by atoms with E-state index in [1.807, 2.05) is 29.2 Å². The number of piperidine rings is 1. The Labute approximate surface area is 225 Å². The second kappa shape index (κ2) is 12.9. The lowest BCUT2D eigenvalue weighted by Crippen LogP contribution is -2.42. The van der Waals surface area contributed by atoms with Crippen molar-refractivity contribution in [3.8, 4) is 0 Å². The van der Waals surface area contributed by atoms with E-state index in [9.17, 15) is 9.59 Å². The summed E-state index contributed by atoms with van der Waals surface area (Å²) >= 11 is 0. The molecule has 2 aromatic carbocycles. The Balaban J connectivity index is 1.41. The van der Waals surface area contributed by atoms with E-state index < -0.39 is 6.09 Å². The van der Waals surface area contributed by atoms with Crippen molar-refractivity contribution in [3.63, 3.8) is 0 Å². The van der Waals surface area contributed by atoms with Crippen LogP contribution in [0.25, 0.3) is 10.9 Å². The molecule has 1 unspecified atom stereocenters. The van der Waals surface area contributed by atoms with E-state index >= 15 is 0 Å². The molecule has 1 aliphatic rings. The number of methoxy groups -OCH3 is 2. The van der Waals surface area contributed by atoms with Crippen LogP contribution in [0.5, 0.6) is 0 Å². The Kier molecular flexibility index (Phi) is 9.42. The third-order valence-corrected chi connectivity index (χ3v) is 7.49. The fourth-order valence-corrected chi connectivity index (χ4v) is 5.68. The second-order valence-corrected chi connectivity index (χ2v) is 10.2. The normalized spacial score (nSPS) is 16.4. The standard InChI is InChI=1S/C30H40N4O4/c1-21-26-9-4-5-10-27(26)34(16-7-17-37-2)29(21)23-8-6-15-33(20-23)28(35)19-24(31)18-22-11-13-25(14-12-22)32-30(36)38-3/h4-5,9-14,23-24H,6-8,15-20,31H2,1-3H3,(H,32,36)/t23?,24-/m1/s1. The van der Waals surface area contributed by atoms with Gasteiger partial charge in [0.1, 0.15) is 0 Å². The van der Waals surface area contributed by atoms with Crippen molar-refractivity contribution >= 4 is 28.6 Å². The lowest BCUT2D eigenvalue weighted by atomic mass is 9.91. The molecule has 0 saturated carbocycles. The van der Waals surface area contributed by atoms with Crippen LogP contribution in [0.4, 0.5) is 10.5 Å². The molecule has 1 saturated heterocycles. The van der Waals surface area contributed by atoms with Crippen molar-refractivity contribution in [1.29, 1.82) is 0 Å². The highest BCUT2D eigenvalue weighted by atomic mass is 16.5. The van der Waals surface area contributed by atoms with Crippen molar-refractivity contribution in [1.82, 2.24) is 9.47 Å². The number of fused-ring (bicyclic) bond motifs is 1. The Bertz CT molecular complexity index is 1240. The Morgan fingerprint density at radius 2 is 1.89 bits per heavy atom. The summed E-state index contributed by atoms with van der Waals surface area (Å²) in [6.45, 7) is 5.34. The summed E-state index contributed by atoms with van der Waals surface area (Å²) in [7, 11) is 3.07. The number of carbonyl (C=O) groups excluding carboxylic acids is 2. The summed E-state index contributed by atoms with van der Waals surface area (Å²) in [6.07, 6.45) is 3.40. The average Bonchev–Trinajstić information content (AvgIpc) is 3.21. The quantitative estimate of drug-likeness (QED) is 0.373. The first-order valence-electron chi connectivity index (χ1n) is 13.4. The zero-order chi connectivity index (χ0) is 27.1. The van der Waals surface area contributed by atoms with E-state index in [2.05, 4.69) is 45.8 Å². The van der Waals surface area contributed by atoms with Gasteiger partial charge in [-0.3, -0.25) is 10.1 Å². The number of nitrogens with zero attached hydrogens (tertiary/aromatic N) is 2. The monoisotopic (exact) mass is 520 g/mol. The number of likely N-dealkylation sites (tertiary alicyclic amines) is 1. The molecule has 3 aromatic rings. The van der Waals surface area contributed by atoms with Crippen LogP contribution in [0.3, 0.4) is 0 Å². The van der Waals surface area contributed by atoms with Crippen molar-refractivity contribution < 1.29 is 19.1 Å². The summed E-state index contributed by atoms with van der Waals surface area (Å²) in [5, 5.41) is 3.92. The summed E-state index contributed by atoms with van der Waals surface area (Å²) in [6, 6.07) is 15.8. The van der Waals surface area contributed by atoms with Crippen molar-refractivity contribution in [2.24, 2.45) is 5.73 Å². The number of aryl methyl sites for hydroxylation is 2. The summed E-state index contributed by atoms with van der Waals surface area (Å²) in [5.74, 6) is 0.416. The Morgan fingerprint density at radius 3 is 2.63 bits per heavy atom. The number of anilines is 1. The largest absolute Gasteiger partial charge is 0.453 e. The van der Waals surface area contributed by atoms with E-state index in [0.29, 0.717) is 24.4 Å². The first-order valence-corrected chi connectivity index (χ1v) is 13.4. The molecule has 3 N–H and O–H groups in total. The maximum absolute atomic E-state index is 13.3. The molecule has 0 radical (unpaired) electrons. The topological polar surface area (TPSA) is 98.8 Å². The third-order valence-electron chi connectivity index (χ3n) is 7.49. The van der Waals surface area contributed by atoms with Gasteiger partial charge in [-0.15, -0.1) is 0 Å². The van der Waals surface area contributed by atoms with Gasteiger partial charge in [-0.25, -0.2) is 4.79 Å². The molecule has 1 fully saturated rings. The van der Waals surface area contributed by atoms with Gasteiger partial charge in [0.2, 0.25) is 5.91 Å². The van der Waals surface area contributed by atoms with Gasteiger partial charge in [-0.2, -0.15) is 0 Å². The first kappa shape index (κ1) is 27.7. The predicted molar refractivity (Wildman–Crippen MR) is 150 cm³/mol. The van der Waals surface area contributed by atoms with Crippen molar-refractivity contribution in [3.05, 3.63) is 65.4 Å². The molecule has 2 atom stereocenters. The number of benzene rings is 2. The maximum atomic E-state index is 13.3. The van der Waals surface area contributed by atoms with Crippen LogP contribution in [0.15, 0.2) is 48.5 Å². The molecule has 8 nitrogen and oxygen atoms in total. The van der Waals surface area contributed by atoms with Gasteiger partial charge in [-0.05, 0) is 61.9 Å². The van der Waals surface area contributed by atoms with Crippen LogP contribution < -0.4 is 11.1 Å². The number of nitrogens with two attached hydrogens (primary N) is 1. The number of amides is 2. The zero-order valence-electron chi connectivity index (χ0n) is 22.7. The summed E-state index contributed by atoms with van der Waals surface area (Å²) in [5.41, 5.74) is 12.0. The Morgan fingerprint density at radius 1 is 1.13 bits per heavy atom. The number of rotatable bonds is 10. The third kappa shape index (κ3) is 6.55. The van der Waals surface area contributed by atoms with Gasteiger partial charge >= 0.3 is 6.09 Å². The van der Waals surface area contributed by atoms with E-state index in [1.54, 1.807) is 7.11 Å². The van der Waals surface area contributed by atoms with Gasteiger partial charge < -0.3 is 24.7 Å².